The van der Waals surface area contributed by atoms with E-state index in [1.807, 2.05) is 13.0 Å². The lowest BCUT2D eigenvalue weighted by Crippen LogP contribution is -2.28. The van der Waals surface area contributed by atoms with E-state index in [4.69, 9.17) is 4.74 Å². The third kappa shape index (κ3) is 8.14. The molecule has 14 heteroatoms. The van der Waals surface area contributed by atoms with Gasteiger partial charge in [-0.15, -0.1) is 0 Å². The molecule has 0 radical (unpaired) electrons. The lowest BCUT2D eigenvalue weighted by atomic mass is 9.89. The summed E-state index contributed by atoms with van der Waals surface area (Å²) in [6.45, 7) is 2.46. The van der Waals surface area contributed by atoms with Gasteiger partial charge in [0.1, 0.15) is 5.75 Å². The lowest BCUT2D eigenvalue weighted by Gasteiger charge is -2.27. The van der Waals surface area contributed by atoms with E-state index in [0.29, 0.717) is 58.1 Å². The summed E-state index contributed by atoms with van der Waals surface area (Å²) >= 11 is 0. The van der Waals surface area contributed by atoms with Crippen molar-refractivity contribution in [3.8, 4) is 5.75 Å². The molecule has 4 aromatic carbocycles. The molecule has 12 nitrogen and oxygen atoms in total. The highest BCUT2D eigenvalue weighted by Crippen LogP contribution is 2.38. The molecule has 0 saturated heterocycles. The Hall–Kier alpha value is -4.63. The first-order valence-corrected chi connectivity index (χ1v) is 19.5. The first-order chi connectivity index (χ1) is 24.2. The normalized spacial score (nSPS) is 15.1. The molecule has 1 aliphatic heterocycles. The molecular formula is C37H38N2O10S2. The van der Waals surface area contributed by atoms with Crippen LogP contribution in [0.1, 0.15) is 81.4 Å². The fourth-order valence-electron chi connectivity index (χ4n) is 7.04. The molecule has 4 aromatic rings. The maximum Gasteiger partial charge on any atom is 0.294 e. The summed E-state index contributed by atoms with van der Waals surface area (Å²) in [5.74, 6) is 0.330. The van der Waals surface area contributed by atoms with Crippen molar-refractivity contribution in [2.24, 2.45) is 5.92 Å². The molecule has 0 aromatic heterocycles. The second kappa shape index (κ2) is 14.5. The monoisotopic (exact) mass is 734 g/mol. The highest BCUT2D eigenvalue weighted by atomic mass is 32.2. The minimum Gasteiger partial charge on any atom is -0.492 e. The maximum absolute atomic E-state index is 14.7. The molecule has 1 heterocycles. The SMILES string of the molecule is Cc1c(Cc2ccc(S(=O)(=O)O)cc2)cc(Cc2ccc(S(=O)(=O)O)cc2)c(C(=O)N2Cc3cccc([N+](=O)[O-])c3C2)c1OCC1CCCCC1. The van der Waals surface area contributed by atoms with Crippen LogP contribution in [-0.2, 0) is 46.2 Å². The number of nitro groups is 1. The summed E-state index contributed by atoms with van der Waals surface area (Å²) in [6, 6.07) is 18.2. The third-order valence-electron chi connectivity index (χ3n) is 9.79. The van der Waals surface area contributed by atoms with Crippen LogP contribution in [-0.4, -0.2) is 48.3 Å². The molecule has 1 fully saturated rings. The van der Waals surface area contributed by atoms with Crippen LogP contribution in [0.2, 0.25) is 0 Å². The van der Waals surface area contributed by atoms with E-state index in [0.717, 1.165) is 43.2 Å². The average Bonchev–Trinajstić information content (AvgIpc) is 3.53. The van der Waals surface area contributed by atoms with Crippen molar-refractivity contribution in [2.75, 3.05) is 6.61 Å². The van der Waals surface area contributed by atoms with Gasteiger partial charge in [-0.2, -0.15) is 16.8 Å². The van der Waals surface area contributed by atoms with E-state index in [2.05, 4.69) is 0 Å². The summed E-state index contributed by atoms with van der Waals surface area (Å²) in [5.41, 5.74) is 4.91. The van der Waals surface area contributed by atoms with Gasteiger partial charge in [0.25, 0.3) is 31.8 Å². The van der Waals surface area contributed by atoms with Gasteiger partial charge in [0.15, 0.2) is 0 Å². The topological polar surface area (TPSA) is 181 Å². The van der Waals surface area contributed by atoms with Crippen LogP contribution in [0.15, 0.2) is 82.6 Å². The number of ether oxygens (including phenoxy) is 1. The zero-order valence-electron chi connectivity index (χ0n) is 27.9. The highest BCUT2D eigenvalue weighted by molar-refractivity contribution is 7.86. The van der Waals surface area contributed by atoms with E-state index in [1.54, 1.807) is 41.3 Å². The van der Waals surface area contributed by atoms with Gasteiger partial charge in [-0.3, -0.25) is 24.0 Å². The molecule has 1 aliphatic carbocycles. The molecule has 6 rings (SSSR count). The van der Waals surface area contributed by atoms with Crippen molar-refractivity contribution >= 4 is 31.8 Å². The molecule has 0 unspecified atom stereocenters. The van der Waals surface area contributed by atoms with Crippen molar-refractivity contribution < 1.29 is 40.4 Å². The maximum atomic E-state index is 14.7. The fourth-order valence-corrected chi connectivity index (χ4v) is 8.00. The van der Waals surface area contributed by atoms with Gasteiger partial charge in [0.2, 0.25) is 0 Å². The van der Waals surface area contributed by atoms with Gasteiger partial charge < -0.3 is 9.64 Å². The molecule has 2 aliphatic rings. The van der Waals surface area contributed by atoms with E-state index in [-0.39, 0.29) is 40.9 Å². The number of carbonyl (C=O) groups excluding carboxylic acids is 1. The van der Waals surface area contributed by atoms with Gasteiger partial charge in [-0.25, -0.2) is 0 Å². The number of hydrogen-bond donors (Lipinski definition) is 2. The van der Waals surface area contributed by atoms with Crippen molar-refractivity contribution in [3.05, 3.63) is 127 Å². The zero-order chi connectivity index (χ0) is 36.5. The summed E-state index contributed by atoms with van der Waals surface area (Å²) in [7, 11) is -8.81. The summed E-state index contributed by atoms with van der Waals surface area (Å²) < 4.78 is 72.4. The van der Waals surface area contributed by atoms with Gasteiger partial charge in [-0.1, -0.05) is 61.7 Å². The van der Waals surface area contributed by atoms with E-state index in [9.17, 15) is 40.8 Å². The van der Waals surface area contributed by atoms with Crippen LogP contribution in [0.25, 0.3) is 0 Å². The molecule has 0 bridgehead atoms. The number of hydrogen-bond acceptors (Lipinski definition) is 8. The number of carbonyl (C=O) groups is 1. The van der Waals surface area contributed by atoms with Gasteiger partial charge >= 0.3 is 0 Å². The summed E-state index contributed by atoms with van der Waals surface area (Å²) in [5, 5.41) is 11.8. The van der Waals surface area contributed by atoms with Crippen LogP contribution in [0.5, 0.6) is 5.75 Å². The number of nitro benzene ring substituents is 1. The Labute approximate surface area is 296 Å². The Morgan fingerprint density at radius 3 is 1.96 bits per heavy atom. The Bertz CT molecular complexity index is 2200. The molecule has 51 heavy (non-hydrogen) atoms. The quantitative estimate of drug-likeness (QED) is 0.0957. The van der Waals surface area contributed by atoms with Crippen molar-refractivity contribution in [2.45, 2.75) is 74.7 Å². The predicted molar refractivity (Wildman–Crippen MR) is 188 cm³/mol. The Morgan fingerprint density at radius 2 is 1.41 bits per heavy atom. The van der Waals surface area contributed by atoms with E-state index < -0.39 is 25.2 Å². The largest absolute Gasteiger partial charge is 0.492 e. The van der Waals surface area contributed by atoms with Crippen LogP contribution in [0.4, 0.5) is 5.69 Å². The average molecular weight is 735 g/mol. The number of nitrogens with zero attached hydrogens (tertiary/aromatic N) is 2. The predicted octanol–water partition coefficient (Wildman–Crippen LogP) is 6.69. The van der Waals surface area contributed by atoms with Gasteiger partial charge in [-0.05, 0) is 96.2 Å². The van der Waals surface area contributed by atoms with Crippen molar-refractivity contribution in [1.82, 2.24) is 4.90 Å². The zero-order valence-corrected chi connectivity index (χ0v) is 29.6. The van der Waals surface area contributed by atoms with Crippen LogP contribution in [0.3, 0.4) is 0 Å². The standard InChI is InChI=1S/C37H38N2O10S2/c1-24-29(18-25-10-14-31(15-11-25)50(43,44)45)20-30(19-26-12-16-32(17-13-26)51(46,47)48)35(36(24)49-23-27-6-3-2-4-7-27)37(40)38-21-28-8-5-9-34(39(41)42)33(28)22-38/h5,8-17,20,27H,2-4,6-7,18-19,21-23H2,1H3,(H,43,44,45)(H,46,47,48). The lowest BCUT2D eigenvalue weighted by molar-refractivity contribution is -0.385. The second-order valence-electron chi connectivity index (χ2n) is 13.3. The fraction of sp³-hybridized carbons (Fsp3) is 0.324. The molecular weight excluding hydrogens is 697 g/mol. The molecule has 0 atom stereocenters. The summed E-state index contributed by atoms with van der Waals surface area (Å²) in [4.78, 5) is 27.1. The molecule has 1 amide bonds. The Balaban J connectivity index is 1.46. The van der Waals surface area contributed by atoms with Crippen molar-refractivity contribution in [1.29, 1.82) is 0 Å². The highest BCUT2D eigenvalue weighted by Gasteiger charge is 2.34. The van der Waals surface area contributed by atoms with E-state index >= 15 is 0 Å². The van der Waals surface area contributed by atoms with Gasteiger partial charge in [0, 0.05) is 12.6 Å². The smallest absolute Gasteiger partial charge is 0.294 e. The van der Waals surface area contributed by atoms with Crippen LogP contribution in [0, 0.1) is 23.0 Å². The number of rotatable bonds is 11. The summed E-state index contributed by atoms with van der Waals surface area (Å²) in [6.07, 6.45) is 5.86. The molecule has 268 valence electrons. The van der Waals surface area contributed by atoms with Gasteiger partial charge in [0.05, 0.1) is 39.0 Å². The van der Waals surface area contributed by atoms with Crippen LogP contribution < -0.4 is 4.74 Å². The number of amides is 1. The third-order valence-corrected chi connectivity index (χ3v) is 11.5. The number of fused-ring (bicyclic) bond motifs is 1. The molecule has 0 spiro atoms. The Morgan fingerprint density at radius 1 is 0.843 bits per heavy atom. The minimum absolute atomic E-state index is 0.0385. The first-order valence-electron chi connectivity index (χ1n) is 16.6. The Kier molecular flexibility index (Phi) is 10.3. The number of benzene rings is 4. The minimum atomic E-state index is -4.43. The molecule has 2 N–H and O–H groups in total. The second-order valence-corrected chi connectivity index (χ2v) is 16.1. The van der Waals surface area contributed by atoms with Crippen LogP contribution >= 0.6 is 0 Å². The van der Waals surface area contributed by atoms with Crippen molar-refractivity contribution in [3.63, 3.8) is 0 Å². The van der Waals surface area contributed by atoms with E-state index in [1.165, 1.54) is 30.3 Å². The first kappa shape index (κ1) is 36.2. The molecule has 1 saturated carbocycles.